The molecule has 144 valence electrons. The van der Waals surface area contributed by atoms with E-state index in [4.69, 9.17) is 13.9 Å². The van der Waals surface area contributed by atoms with E-state index in [-0.39, 0.29) is 25.9 Å². The number of carbonyl (C=O) groups excluding carboxylic acids is 2. The molecule has 1 aliphatic rings. The van der Waals surface area contributed by atoms with Crippen molar-refractivity contribution < 1.29 is 23.5 Å². The van der Waals surface area contributed by atoms with Crippen LogP contribution in [0.25, 0.3) is 0 Å². The van der Waals surface area contributed by atoms with E-state index in [0.717, 1.165) is 5.56 Å². The lowest BCUT2D eigenvalue weighted by Gasteiger charge is -2.16. The van der Waals surface area contributed by atoms with E-state index in [9.17, 15) is 9.59 Å². The van der Waals surface area contributed by atoms with Gasteiger partial charge in [0.15, 0.2) is 11.5 Å². The number of furan rings is 1. The normalized spacial score (nSPS) is 13.1. The predicted octanol–water partition coefficient (Wildman–Crippen LogP) is 1.23. The maximum absolute atomic E-state index is 12.2. The fourth-order valence-electron chi connectivity index (χ4n) is 2.85. The third-order valence-corrected chi connectivity index (χ3v) is 4.27. The molecule has 2 amide bonds. The predicted molar refractivity (Wildman–Crippen MR) is 96.5 cm³/mol. The number of benzene rings is 1. The molecule has 0 spiro atoms. The van der Waals surface area contributed by atoms with E-state index in [1.54, 1.807) is 59.7 Å². The molecular weight excluding hydrogens is 364 g/mol. The van der Waals surface area contributed by atoms with Crippen LogP contribution in [0.3, 0.4) is 0 Å². The first-order valence-corrected chi connectivity index (χ1v) is 8.68. The second-order valence-electron chi connectivity index (χ2n) is 6.10. The number of fused-ring (bicyclic) bond motifs is 1. The average Bonchev–Trinajstić information content (AvgIpc) is 3.48. The Hall–Kier alpha value is -3.75. The van der Waals surface area contributed by atoms with Gasteiger partial charge in [0.05, 0.1) is 6.26 Å². The molecule has 3 heterocycles. The summed E-state index contributed by atoms with van der Waals surface area (Å²) in [5, 5.41) is 9.39. The Balaban J connectivity index is 1.32. The molecule has 1 unspecified atom stereocenters. The zero-order chi connectivity index (χ0) is 19.3. The van der Waals surface area contributed by atoms with Crippen LogP contribution in [0.4, 0.5) is 0 Å². The van der Waals surface area contributed by atoms with Gasteiger partial charge in [-0.05, 0) is 35.9 Å². The molecule has 1 aliphatic heterocycles. The number of nitrogens with one attached hydrogen (secondary N) is 2. The van der Waals surface area contributed by atoms with Gasteiger partial charge in [0.25, 0.3) is 0 Å². The Bertz CT molecular complexity index is 919. The number of carbonyl (C=O) groups is 2. The molecular formula is C19H18N4O5. The molecule has 2 N–H and O–H groups in total. The zero-order valence-corrected chi connectivity index (χ0v) is 14.8. The Labute approximate surface area is 160 Å². The van der Waals surface area contributed by atoms with Crippen LogP contribution in [-0.2, 0) is 16.1 Å². The summed E-state index contributed by atoms with van der Waals surface area (Å²) in [6, 6.07) is 10.3. The smallest absolute Gasteiger partial charge is 0.309 e. The van der Waals surface area contributed by atoms with Crippen LogP contribution >= 0.6 is 0 Å². The highest BCUT2D eigenvalue weighted by atomic mass is 16.7. The number of ether oxygens (including phenoxy) is 2. The summed E-state index contributed by atoms with van der Waals surface area (Å²) in [4.78, 5) is 24.3. The van der Waals surface area contributed by atoms with Crippen LogP contribution in [0.15, 0.2) is 59.5 Å². The van der Waals surface area contributed by atoms with Crippen molar-refractivity contribution in [3.05, 3.63) is 66.4 Å². The first-order valence-electron chi connectivity index (χ1n) is 8.68. The maximum atomic E-state index is 12.2. The molecule has 0 radical (unpaired) electrons. The largest absolute Gasteiger partial charge is 0.467 e. The fourth-order valence-corrected chi connectivity index (χ4v) is 2.85. The molecule has 2 aromatic heterocycles. The topological polar surface area (TPSA) is 108 Å². The molecule has 0 saturated heterocycles. The lowest BCUT2D eigenvalue weighted by atomic mass is 10.2. The van der Waals surface area contributed by atoms with E-state index >= 15 is 0 Å². The van der Waals surface area contributed by atoms with Crippen LogP contribution in [0.1, 0.15) is 17.4 Å². The lowest BCUT2D eigenvalue weighted by molar-refractivity contribution is -0.139. The minimum absolute atomic E-state index is 0.158. The summed E-state index contributed by atoms with van der Waals surface area (Å²) in [5.74, 6) is 0.456. The molecule has 9 heteroatoms. The standard InChI is InChI=1S/C19H18N4O5/c24-18(20-10-13-4-5-16-17(9-13)28-12-27-16)19(25)21-11-14(15-3-1-8-26-15)23-7-2-6-22-23/h1-9,14H,10-12H2,(H,20,24)(H,21,25). The number of amides is 2. The highest BCUT2D eigenvalue weighted by molar-refractivity contribution is 6.35. The third kappa shape index (κ3) is 3.83. The van der Waals surface area contributed by atoms with Crippen molar-refractivity contribution in [3.63, 3.8) is 0 Å². The SMILES string of the molecule is O=C(NCc1ccc2c(c1)OCO2)C(=O)NCC(c1ccco1)n1cccn1. The summed E-state index contributed by atoms with van der Waals surface area (Å²) < 4.78 is 17.6. The van der Waals surface area contributed by atoms with E-state index in [1.807, 2.05) is 0 Å². The lowest BCUT2D eigenvalue weighted by Crippen LogP contribution is -2.42. The van der Waals surface area contributed by atoms with Gasteiger partial charge in [-0.3, -0.25) is 14.3 Å². The van der Waals surface area contributed by atoms with E-state index in [0.29, 0.717) is 17.3 Å². The molecule has 0 aliphatic carbocycles. The van der Waals surface area contributed by atoms with Crippen molar-refractivity contribution in [2.75, 3.05) is 13.3 Å². The van der Waals surface area contributed by atoms with Gasteiger partial charge >= 0.3 is 11.8 Å². The second-order valence-corrected chi connectivity index (χ2v) is 6.10. The van der Waals surface area contributed by atoms with E-state index in [2.05, 4.69) is 15.7 Å². The number of aromatic nitrogens is 2. The molecule has 1 aromatic carbocycles. The molecule has 28 heavy (non-hydrogen) atoms. The average molecular weight is 382 g/mol. The van der Waals surface area contributed by atoms with Gasteiger partial charge in [-0.15, -0.1) is 0 Å². The summed E-state index contributed by atoms with van der Waals surface area (Å²) in [6.07, 6.45) is 4.95. The molecule has 1 atom stereocenters. The van der Waals surface area contributed by atoms with Crippen LogP contribution < -0.4 is 20.1 Å². The molecule has 0 bridgehead atoms. The van der Waals surface area contributed by atoms with E-state index < -0.39 is 11.8 Å². The first-order chi connectivity index (χ1) is 13.7. The van der Waals surface area contributed by atoms with Crippen LogP contribution in [0.2, 0.25) is 0 Å². The van der Waals surface area contributed by atoms with Crippen molar-refractivity contribution in [1.29, 1.82) is 0 Å². The van der Waals surface area contributed by atoms with Crippen molar-refractivity contribution in [2.45, 2.75) is 12.6 Å². The Morgan fingerprint density at radius 3 is 2.75 bits per heavy atom. The van der Waals surface area contributed by atoms with Gasteiger partial charge in [0, 0.05) is 25.5 Å². The first kappa shape index (κ1) is 17.7. The summed E-state index contributed by atoms with van der Waals surface area (Å²) >= 11 is 0. The Morgan fingerprint density at radius 1 is 1.11 bits per heavy atom. The molecule has 9 nitrogen and oxygen atoms in total. The minimum atomic E-state index is -0.732. The van der Waals surface area contributed by atoms with Gasteiger partial charge < -0.3 is 24.5 Å². The number of rotatable bonds is 6. The Morgan fingerprint density at radius 2 is 1.96 bits per heavy atom. The summed E-state index contributed by atoms with van der Waals surface area (Å²) in [6.45, 7) is 0.537. The van der Waals surface area contributed by atoms with Gasteiger partial charge in [-0.1, -0.05) is 6.07 Å². The Kier molecular flexibility index (Phi) is 4.96. The molecule has 3 aromatic rings. The van der Waals surface area contributed by atoms with Gasteiger partial charge in [-0.2, -0.15) is 5.10 Å². The van der Waals surface area contributed by atoms with Crippen molar-refractivity contribution >= 4 is 11.8 Å². The third-order valence-electron chi connectivity index (χ3n) is 4.27. The van der Waals surface area contributed by atoms with Crippen molar-refractivity contribution in [1.82, 2.24) is 20.4 Å². The minimum Gasteiger partial charge on any atom is -0.467 e. The number of hydrogen-bond acceptors (Lipinski definition) is 6. The van der Waals surface area contributed by atoms with Gasteiger partial charge in [0.1, 0.15) is 11.8 Å². The van der Waals surface area contributed by atoms with E-state index in [1.165, 1.54) is 0 Å². The van der Waals surface area contributed by atoms with Gasteiger partial charge in [0.2, 0.25) is 6.79 Å². The maximum Gasteiger partial charge on any atom is 0.309 e. The summed E-state index contributed by atoms with van der Waals surface area (Å²) in [7, 11) is 0. The highest BCUT2D eigenvalue weighted by Crippen LogP contribution is 2.32. The second kappa shape index (κ2) is 7.87. The fraction of sp³-hybridized carbons (Fsp3) is 0.211. The molecule has 0 saturated carbocycles. The van der Waals surface area contributed by atoms with Crippen molar-refractivity contribution in [2.24, 2.45) is 0 Å². The number of nitrogens with zero attached hydrogens (tertiary/aromatic N) is 2. The monoisotopic (exact) mass is 382 g/mol. The van der Waals surface area contributed by atoms with Crippen LogP contribution in [0.5, 0.6) is 11.5 Å². The van der Waals surface area contributed by atoms with Crippen molar-refractivity contribution in [3.8, 4) is 11.5 Å². The number of hydrogen-bond donors (Lipinski definition) is 2. The summed E-state index contributed by atoms with van der Waals surface area (Å²) in [5.41, 5.74) is 0.801. The van der Waals surface area contributed by atoms with Crippen LogP contribution in [-0.4, -0.2) is 34.9 Å². The highest BCUT2D eigenvalue weighted by Gasteiger charge is 2.21. The molecule has 4 rings (SSSR count). The van der Waals surface area contributed by atoms with Crippen LogP contribution in [0, 0.1) is 0 Å². The zero-order valence-electron chi connectivity index (χ0n) is 14.8. The quantitative estimate of drug-likeness (QED) is 0.621. The molecule has 0 fully saturated rings. The van der Waals surface area contributed by atoms with Gasteiger partial charge in [-0.25, -0.2) is 0 Å².